The number of amides is 1. The molecule has 0 fully saturated rings. The Kier molecular flexibility index (Phi) is 5.52. The fourth-order valence-corrected chi connectivity index (χ4v) is 3.07. The van der Waals surface area contributed by atoms with Gasteiger partial charge in [-0.1, -0.05) is 0 Å². The molecule has 0 aromatic heterocycles. The predicted octanol–water partition coefficient (Wildman–Crippen LogP) is 1.13. The summed E-state index contributed by atoms with van der Waals surface area (Å²) in [4.78, 5) is 11.6. The normalized spacial score (nSPS) is 11.4. The molecule has 0 bridgehead atoms. The van der Waals surface area contributed by atoms with Crippen LogP contribution in [0.25, 0.3) is 0 Å². The zero-order valence-corrected chi connectivity index (χ0v) is 12.9. The van der Waals surface area contributed by atoms with Crippen LogP contribution >= 0.6 is 0 Å². The molecule has 0 radical (unpaired) electrons. The van der Waals surface area contributed by atoms with Crippen LogP contribution in [0.5, 0.6) is 5.75 Å². The number of hydrogen-bond donors (Lipinski definition) is 2. The van der Waals surface area contributed by atoms with E-state index in [1.807, 2.05) is 0 Å². The van der Waals surface area contributed by atoms with Gasteiger partial charge in [-0.3, -0.25) is 4.79 Å². The van der Waals surface area contributed by atoms with Gasteiger partial charge in [0.25, 0.3) is 5.91 Å². The molecule has 0 atom stereocenters. The SMILES string of the molecule is CCOc1ccc(C(=O)NC)cc1S(=O)(=O)NC(C)C. The molecule has 112 valence electrons. The lowest BCUT2D eigenvalue weighted by molar-refractivity contribution is 0.0963. The number of hydrogen-bond acceptors (Lipinski definition) is 4. The largest absolute Gasteiger partial charge is 0.492 e. The third-order valence-electron chi connectivity index (χ3n) is 2.41. The van der Waals surface area contributed by atoms with Gasteiger partial charge in [-0.25, -0.2) is 13.1 Å². The molecule has 2 N–H and O–H groups in total. The van der Waals surface area contributed by atoms with Crippen molar-refractivity contribution >= 4 is 15.9 Å². The first kappa shape index (κ1) is 16.5. The van der Waals surface area contributed by atoms with Crippen molar-refractivity contribution in [1.29, 1.82) is 0 Å². The molecular formula is C13H20N2O4S. The van der Waals surface area contributed by atoms with Crippen LogP contribution in [0.1, 0.15) is 31.1 Å². The smallest absolute Gasteiger partial charge is 0.251 e. The Balaban J connectivity index is 3.35. The Morgan fingerprint density at radius 1 is 1.35 bits per heavy atom. The summed E-state index contributed by atoms with van der Waals surface area (Å²) in [6, 6.07) is 4.08. The van der Waals surface area contributed by atoms with Gasteiger partial charge in [0.2, 0.25) is 10.0 Å². The molecule has 1 aromatic carbocycles. The van der Waals surface area contributed by atoms with Crippen LogP contribution in [0.2, 0.25) is 0 Å². The van der Waals surface area contributed by atoms with Gasteiger partial charge < -0.3 is 10.1 Å². The second-order valence-electron chi connectivity index (χ2n) is 4.45. The molecule has 0 saturated carbocycles. The fourth-order valence-electron chi connectivity index (χ4n) is 1.65. The minimum absolute atomic E-state index is 0.0332. The van der Waals surface area contributed by atoms with Crippen molar-refractivity contribution in [2.45, 2.75) is 31.7 Å². The van der Waals surface area contributed by atoms with Gasteiger partial charge in [0.1, 0.15) is 10.6 Å². The lowest BCUT2D eigenvalue weighted by atomic mass is 10.2. The lowest BCUT2D eigenvalue weighted by Crippen LogP contribution is -2.31. The molecule has 6 nitrogen and oxygen atoms in total. The van der Waals surface area contributed by atoms with E-state index in [-0.39, 0.29) is 28.2 Å². The van der Waals surface area contributed by atoms with Crippen molar-refractivity contribution in [2.75, 3.05) is 13.7 Å². The first-order valence-electron chi connectivity index (χ1n) is 6.33. The quantitative estimate of drug-likeness (QED) is 0.825. The molecular weight excluding hydrogens is 280 g/mol. The molecule has 0 heterocycles. The first-order chi connectivity index (χ1) is 9.31. The van der Waals surface area contributed by atoms with Gasteiger partial charge in [0.05, 0.1) is 6.61 Å². The van der Waals surface area contributed by atoms with Crippen molar-refractivity contribution in [2.24, 2.45) is 0 Å². The van der Waals surface area contributed by atoms with Gasteiger partial charge in [-0.05, 0) is 39.0 Å². The first-order valence-corrected chi connectivity index (χ1v) is 7.81. The molecule has 0 aliphatic rings. The van der Waals surface area contributed by atoms with E-state index in [0.29, 0.717) is 6.61 Å². The average Bonchev–Trinajstić information content (AvgIpc) is 2.37. The highest BCUT2D eigenvalue weighted by Crippen LogP contribution is 2.25. The van der Waals surface area contributed by atoms with Gasteiger partial charge in [-0.2, -0.15) is 0 Å². The summed E-state index contributed by atoms with van der Waals surface area (Å²) < 4.78 is 32.4. The van der Waals surface area contributed by atoms with Crippen molar-refractivity contribution in [3.63, 3.8) is 0 Å². The summed E-state index contributed by atoms with van der Waals surface area (Å²) in [6.45, 7) is 5.55. The molecule has 7 heteroatoms. The van der Waals surface area contributed by atoms with E-state index in [4.69, 9.17) is 4.74 Å². The third-order valence-corrected chi connectivity index (χ3v) is 4.09. The van der Waals surface area contributed by atoms with Crippen LogP contribution < -0.4 is 14.8 Å². The maximum absolute atomic E-state index is 12.3. The highest BCUT2D eigenvalue weighted by atomic mass is 32.2. The third kappa shape index (κ3) is 3.94. The van der Waals surface area contributed by atoms with Gasteiger partial charge in [0.15, 0.2) is 0 Å². The maximum atomic E-state index is 12.3. The van der Waals surface area contributed by atoms with E-state index >= 15 is 0 Å². The predicted molar refractivity (Wildman–Crippen MR) is 76.5 cm³/mol. The highest BCUT2D eigenvalue weighted by Gasteiger charge is 2.22. The minimum atomic E-state index is -3.73. The number of carbonyl (C=O) groups is 1. The summed E-state index contributed by atoms with van der Waals surface area (Å²) in [7, 11) is -2.25. The van der Waals surface area contributed by atoms with Crippen molar-refractivity contribution in [3.05, 3.63) is 23.8 Å². The van der Waals surface area contributed by atoms with Crippen LogP contribution in [0, 0.1) is 0 Å². The van der Waals surface area contributed by atoms with Gasteiger partial charge in [0, 0.05) is 18.7 Å². The summed E-state index contributed by atoms with van der Waals surface area (Å²) in [5, 5.41) is 2.46. The zero-order valence-electron chi connectivity index (χ0n) is 12.1. The minimum Gasteiger partial charge on any atom is -0.492 e. The topological polar surface area (TPSA) is 84.5 Å². The summed E-state index contributed by atoms with van der Waals surface area (Å²) in [6.07, 6.45) is 0. The Hall–Kier alpha value is -1.60. The van der Waals surface area contributed by atoms with E-state index in [1.54, 1.807) is 20.8 Å². The van der Waals surface area contributed by atoms with Crippen molar-refractivity contribution in [3.8, 4) is 5.75 Å². The van der Waals surface area contributed by atoms with Gasteiger partial charge in [-0.15, -0.1) is 0 Å². The Morgan fingerprint density at radius 3 is 2.50 bits per heavy atom. The van der Waals surface area contributed by atoms with Crippen LogP contribution in [0.4, 0.5) is 0 Å². The Morgan fingerprint density at radius 2 is 2.00 bits per heavy atom. The van der Waals surface area contributed by atoms with E-state index in [1.165, 1.54) is 25.2 Å². The number of sulfonamides is 1. The summed E-state index contributed by atoms with van der Waals surface area (Å²) >= 11 is 0. The highest BCUT2D eigenvalue weighted by molar-refractivity contribution is 7.89. The van der Waals surface area contributed by atoms with Crippen molar-refractivity contribution in [1.82, 2.24) is 10.0 Å². The number of nitrogens with one attached hydrogen (secondary N) is 2. The molecule has 0 saturated heterocycles. The van der Waals surface area contributed by atoms with E-state index in [9.17, 15) is 13.2 Å². The van der Waals surface area contributed by atoms with Crippen LogP contribution in [0.3, 0.4) is 0 Å². The van der Waals surface area contributed by atoms with Crippen LogP contribution in [0.15, 0.2) is 23.1 Å². The Labute approximate surface area is 119 Å². The van der Waals surface area contributed by atoms with E-state index in [2.05, 4.69) is 10.0 Å². The molecule has 1 amide bonds. The van der Waals surface area contributed by atoms with Crippen LogP contribution in [-0.4, -0.2) is 34.0 Å². The zero-order chi connectivity index (χ0) is 15.3. The number of rotatable bonds is 6. The number of benzene rings is 1. The number of carbonyl (C=O) groups excluding carboxylic acids is 1. The molecule has 1 rings (SSSR count). The molecule has 1 aromatic rings. The van der Waals surface area contributed by atoms with Gasteiger partial charge >= 0.3 is 0 Å². The average molecular weight is 300 g/mol. The van der Waals surface area contributed by atoms with E-state index < -0.39 is 10.0 Å². The molecule has 0 unspecified atom stereocenters. The second kappa shape index (κ2) is 6.71. The second-order valence-corrected chi connectivity index (χ2v) is 6.13. The molecule has 0 aliphatic carbocycles. The maximum Gasteiger partial charge on any atom is 0.251 e. The van der Waals surface area contributed by atoms with Crippen LogP contribution in [-0.2, 0) is 10.0 Å². The number of ether oxygens (including phenoxy) is 1. The summed E-state index contributed by atoms with van der Waals surface area (Å²) in [5.41, 5.74) is 0.264. The molecule has 0 aliphatic heterocycles. The standard InChI is InChI=1S/C13H20N2O4S/c1-5-19-11-7-6-10(13(16)14-4)8-12(11)20(17,18)15-9(2)3/h6-9,15H,5H2,1-4H3,(H,14,16). The Bertz CT molecular complexity index is 582. The summed E-state index contributed by atoms with van der Waals surface area (Å²) in [5.74, 6) is -0.123. The molecule has 20 heavy (non-hydrogen) atoms. The molecule has 0 spiro atoms. The van der Waals surface area contributed by atoms with E-state index in [0.717, 1.165) is 0 Å². The monoisotopic (exact) mass is 300 g/mol. The fraction of sp³-hybridized carbons (Fsp3) is 0.462. The lowest BCUT2D eigenvalue weighted by Gasteiger charge is -2.14. The van der Waals surface area contributed by atoms with Crippen molar-refractivity contribution < 1.29 is 17.9 Å².